The average Bonchev–Trinajstić information content (AvgIpc) is 3.05. The van der Waals surface area contributed by atoms with Crippen LogP contribution in [0.25, 0.3) is 22.2 Å². The second-order valence-corrected chi connectivity index (χ2v) is 6.67. The van der Waals surface area contributed by atoms with E-state index in [0.29, 0.717) is 39.1 Å². The number of aromatic amines is 1. The molecule has 0 aliphatic carbocycles. The number of ether oxygens (including phenoxy) is 1. The van der Waals surface area contributed by atoms with Crippen LogP contribution < -0.4 is 0 Å². The maximum Gasteiger partial charge on any atom is 0.223 e. The highest BCUT2D eigenvalue weighted by Gasteiger charge is 2.19. The minimum atomic E-state index is -0.326. The van der Waals surface area contributed by atoms with E-state index in [-0.39, 0.29) is 17.5 Å². The summed E-state index contributed by atoms with van der Waals surface area (Å²) in [5.41, 5.74) is 3.27. The fraction of sp³-hybridized carbons (Fsp3) is 0.286. The molecule has 3 aromatic rings. The SMILES string of the molecule is O=C(CCc1c(-c2ccc(F)cc2)[nH]c2ccc(F)cc12)N1CCOCC1. The fourth-order valence-corrected chi connectivity index (χ4v) is 3.55. The number of carbonyl (C=O) groups is 1. The van der Waals surface area contributed by atoms with Crippen molar-refractivity contribution in [2.75, 3.05) is 26.3 Å². The smallest absolute Gasteiger partial charge is 0.223 e. The Labute approximate surface area is 155 Å². The Kier molecular flexibility index (Phi) is 4.90. The molecule has 4 rings (SSSR count). The van der Waals surface area contributed by atoms with Gasteiger partial charge in [-0.15, -0.1) is 0 Å². The zero-order valence-corrected chi connectivity index (χ0v) is 14.8. The zero-order chi connectivity index (χ0) is 18.8. The van der Waals surface area contributed by atoms with E-state index in [9.17, 15) is 13.6 Å². The summed E-state index contributed by atoms with van der Waals surface area (Å²) < 4.78 is 32.4. The minimum absolute atomic E-state index is 0.0640. The molecule has 0 unspecified atom stereocenters. The first-order chi connectivity index (χ1) is 13.1. The molecule has 0 atom stereocenters. The van der Waals surface area contributed by atoms with Crippen molar-refractivity contribution in [3.63, 3.8) is 0 Å². The van der Waals surface area contributed by atoms with Gasteiger partial charge >= 0.3 is 0 Å². The number of hydrogen-bond acceptors (Lipinski definition) is 2. The van der Waals surface area contributed by atoms with Crippen LogP contribution in [0, 0.1) is 11.6 Å². The lowest BCUT2D eigenvalue weighted by atomic mass is 10.0. The van der Waals surface area contributed by atoms with E-state index in [1.165, 1.54) is 24.3 Å². The first kappa shape index (κ1) is 17.7. The van der Waals surface area contributed by atoms with Crippen molar-refractivity contribution in [2.24, 2.45) is 0 Å². The predicted molar refractivity (Wildman–Crippen MR) is 99.4 cm³/mol. The van der Waals surface area contributed by atoms with Crippen LogP contribution in [0.2, 0.25) is 0 Å². The minimum Gasteiger partial charge on any atom is -0.378 e. The Hall–Kier alpha value is -2.73. The van der Waals surface area contributed by atoms with Crippen LogP contribution in [0.15, 0.2) is 42.5 Å². The highest BCUT2D eigenvalue weighted by molar-refractivity contribution is 5.91. The lowest BCUT2D eigenvalue weighted by molar-refractivity contribution is -0.135. The van der Waals surface area contributed by atoms with Crippen molar-refractivity contribution >= 4 is 16.8 Å². The van der Waals surface area contributed by atoms with Crippen LogP contribution in [0.1, 0.15) is 12.0 Å². The van der Waals surface area contributed by atoms with Crippen LogP contribution in [-0.2, 0) is 16.0 Å². The van der Waals surface area contributed by atoms with Gasteiger partial charge in [0, 0.05) is 36.1 Å². The van der Waals surface area contributed by atoms with Crippen molar-refractivity contribution in [1.29, 1.82) is 0 Å². The lowest BCUT2D eigenvalue weighted by Gasteiger charge is -2.26. The highest BCUT2D eigenvalue weighted by atomic mass is 19.1. The summed E-state index contributed by atoms with van der Waals surface area (Å²) in [6.07, 6.45) is 0.810. The van der Waals surface area contributed by atoms with Gasteiger partial charge in [0.05, 0.1) is 13.2 Å². The number of halogens is 2. The molecule has 140 valence electrons. The molecule has 0 radical (unpaired) electrons. The number of carbonyl (C=O) groups excluding carboxylic acids is 1. The largest absolute Gasteiger partial charge is 0.378 e. The monoisotopic (exact) mass is 370 g/mol. The zero-order valence-electron chi connectivity index (χ0n) is 14.8. The number of fused-ring (bicyclic) bond motifs is 1. The molecule has 0 spiro atoms. The Morgan fingerprint density at radius 1 is 1.04 bits per heavy atom. The second-order valence-electron chi connectivity index (χ2n) is 6.67. The fourth-order valence-electron chi connectivity index (χ4n) is 3.55. The molecule has 27 heavy (non-hydrogen) atoms. The molecular weight excluding hydrogens is 350 g/mol. The third-order valence-electron chi connectivity index (χ3n) is 4.95. The molecule has 1 amide bonds. The van der Waals surface area contributed by atoms with Gasteiger partial charge in [0.25, 0.3) is 0 Å². The summed E-state index contributed by atoms with van der Waals surface area (Å²) >= 11 is 0. The molecule has 2 aromatic carbocycles. The number of rotatable bonds is 4. The third-order valence-corrected chi connectivity index (χ3v) is 4.95. The normalized spacial score (nSPS) is 14.7. The van der Waals surface area contributed by atoms with E-state index < -0.39 is 0 Å². The Bertz CT molecular complexity index is 960. The van der Waals surface area contributed by atoms with Crippen LogP contribution in [0.3, 0.4) is 0 Å². The average molecular weight is 370 g/mol. The summed E-state index contributed by atoms with van der Waals surface area (Å²) in [5.74, 6) is -0.577. The van der Waals surface area contributed by atoms with Gasteiger partial charge in [-0.2, -0.15) is 0 Å². The topological polar surface area (TPSA) is 45.3 Å². The first-order valence-corrected chi connectivity index (χ1v) is 9.03. The summed E-state index contributed by atoms with van der Waals surface area (Å²) in [5, 5.41) is 0.754. The number of aryl methyl sites for hydroxylation is 1. The number of benzene rings is 2. The summed E-state index contributed by atoms with van der Waals surface area (Å²) in [6, 6.07) is 10.7. The predicted octanol–water partition coefficient (Wildman–Crippen LogP) is 3.90. The molecule has 1 saturated heterocycles. The molecule has 1 N–H and O–H groups in total. The molecule has 0 saturated carbocycles. The Balaban J connectivity index is 1.66. The maximum absolute atomic E-state index is 13.8. The van der Waals surface area contributed by atoms with E-state index >= 15 is 0 Å². The number of H-pyrrole nitrogens is 1. The van der Waals surface area contributed by atoms with Gasteiger partial charge in [0.15, 0.2) is 0 Å². The second kappa shape index (κ2) is 7.48. The number of amides is 1. The number of nitrogens with zero attached hydrogens (tertiary/aromatic N) is 1. The molecule has 1 aliphatic heterocycles. The Morgan fingerprint density at radius 3 is 2.48 bits per heavy atom. The summed E-state index contributed by atoms with van der Waals surface area (Å²) in [6.45, 7) is 2.33. The van der Waals surface area contributed by atoms with Gasteiger partial charge in [-0.1, -0.05) is 0 Å². The molecule has 1 aromatic heterocycles. The molecular formula is C21H20F2N2O2. The molecule has 0 bridgehead atoms. The van der Waals surface area contributed by atoms with Gasteiger partial charge < -0.3 is 14.6 Å². The number of nitrogens with one attached hydrogen (secondary N) is 1. The van der Waals surface area contributed by atoms with E-state index in [1.807, 2.05) is 0 Å². The number of hydrogen-bond donors (Lipinski definition) is 1. The lowest BCUT2D eigenvalue weighted by Crippen LogP contribution is -2.40. The van der Waals surface area contributed by atoms with Gasteiger partial charge in [-0.25, -0.2) is 8.78 Å². The first-order valence-electron chi connectivity index (χ1n) is 9.03. The van der Waals surface area contributed by atoms with Gasteiger partial charge in [-0.05, 0) is 60.0 Å². The standard InChI is InChI=1S/C21H20F2N2O2/c22-15-3-1-14(2-4-15)21-17(18-13-16(23)5-7-19(18)24-21)6-8-20(26)25-9-11-27-12-10-25/h1-5,7,13,24H,6,8-12H2. The van der Waals surface area contributed by atoms with Crippen LogP contribution >= 0.6 is 0 Å². The molecule has 1 fully saturated rings. The van der Waals surface area contributed by atoms with Gasteiger partial charge in [-0.3, -0.25) is 4.79 Å². The Morgan fingerprint density at radius 2 is 1.74 bits per heavy atom. The van der Waals surface area contributed by atoms with E-state index in [4.69, 9.17) is 4.74 Å². The number of aromatic nitrogens is 1. The molecule has 6 heteroatoms. The van der Waals surface area contributed by atoms with Crippen molar-refractivity contribution in [2.45, 2.75) is 12.8 Å². The summed E-state index contributed by atoms with van der Waals surface area (Å²) in [4.78, 5) is 17.6. The molecule has 2 heterocycles. The van der Waals surface area contributed by atoms with Crippen LogP contribution in [-0.4, -0.2) is 42.1 Å². The van der Waals surface area contributed by atoms with Crippen molar-refractivity contribution in [3.8, 4) is 11.3 Å². The molecule has 1 aliphatic rings. The highest BCUT2D eigenvalue weighted by Crippen LogP contribution is 2.32. The van der Waals surface area contributed by atoms with Crippen molar-refractivity contribution < 1.29 is 18.3 Å². The summed E-state index contributed by atoms with van der Waals surface area (Å²) in [7, 11) is 0. The maximum atomic E-state index is 13.8. The van der Waals surface area contributed by atoms with Crippen LogP contribution in [0.4, 0.5) is 8.78 Å². The van der Waals surface area contributed by atoms with Crippen molar-refractivity contribution in [1.82, 2.24) is 9.88 Å². The van der Waals surface area contributed by atoms with Crippen LogP contribution in [0.5, 0.6) is 0 Å². The van der Waals surface area contributed by atoms with E-state index in [1.54, 1.807) is 23.1 Å². The van der Waals surface area contributed by atoms with Crippen molar-refractivity contribution in [3.05, 3.63) is 59.7 Å². The third kappa shape index (κ3) is 3.71. The van der Waals surface area contributed by atoms with E-state index in [2.05, 4.69) is 4.98 Å². The van der Waals surface area contributed by atoms with Gasteiger partial charge in [0.2, 0.25) is 5.91 Å². The number of morpholine rings is 1. The van der Waals surface area contributed by atoms with E-state index in [0.717, 1.165) is 27.7 Å². The van der Waals surface area contributed by atoms with Gasteiger partial charge in [0.1, 0.15) is 11.6 Å². The molecule has 4 nitrogen and oxygen atoms in total. The quantitative estimate of drug-likeness (QED) is 0.757.